The fourth-order valence-electron chi connectivity index (χ4n) is 1.13. The van der Waals surface area contributed by atoms with Crippen molar-refractivity contribution >= 4 is 21.4 Å². The molecule has 0 radical (unpaired) electrons. The van der Waals surface area contributed by atoms with Crippen LogP contribution in [0, 0.1) is 0 Å². The summed E-state index contributed by atoms with van der Waals surface area (Å²) in [6.45, 7) is 3.30. The van der Waals surface area contributed by atoms with Gasteiger partial charge in [0.1, 0.15) is 0 Å². The Morgan fingerprint density at radius 2 is 1.88 bits per heavy atom. The van der Waals surface area contributed by atoms with Crippen LogP contribution in [0.25, 0.3) is 0 Å². The molecule has 0 amide bonds. The number of sulfonamides is 1. The molecule has 0 aromatic heterocycles. The van der Waals surface area contributed by atoms with E-state index in [1.165, 1.54) is 0 Å². The normalized spacial score (nSPS) is 11.6. The van der Waals surface area contributed by atoms with Crippen molar-refractivity contribution in [3.63, 3.8) is 0 Å². The molecule has 1 N–H and O–H groups in total. The van der Waals surface area contributed by atoms with Gasteiger partial charge in [0.2, 0.25) is 10.0 Å². The van der Waals surface area contributed by atoms with E-state index in [0.29, 0.717) is 5.69 Å². The van der Waals surface area contributed by atoms with Crippen LogP contribution in [0.4, 0.5) is 11.4 Å². The van der Waals surface area contributed by atoms with Crippen molar-refractivity contribution in [3.05, 3.63) is 24.3 Å². The second kappa shape index (κ2) is 4.74. The van der Waals surface area contributed by atoms with Crippen LogP contribution in [0.3, 0.4) is 0 Å². The highest BCUT2D eigenvalue weighted by atomic mass is 32.2. The molecule has 0 aliphatic rings. The number of nitrogens with zero attached hydrogens (tertiary/aromatic N) is 1. The Morgan fingerprint density at radius 1 is 1.25 bits per heavy atom. The molecule has 0 fully saturated rings. The highest BCUT2D eigenvalue weighted by Crippen LogP contribution is 2.19. The lowest BCUT2D eigenvalue weighted by molar-refractivity contribution is 0.593. The van der Waals surface area contributed by atoms with Crippen LogP contribution in [0.2, 0.25) is 0 Å². The second-order valence-electron chi connectivity index (χ2n) is 4.14. The van der Waals surface area contributed by atoms with E-state index in [0.717, 1.165) is 5.69 Å². The topological polar surface area (TPSA) is 49.4 Å². The molecule has 0 heterocycles. The van der Waals surface area contributed by atoms with Crippen LogP contribution in [0.5, 0.6) is 0 Å². The minimum absolute atomic E-state index is 0.435. The monoisotopic (exact) mass is 242 g/mol. The number of hydrogen-bond acceptors (Lipinski definition) is 3. The van der Waals surface area contributed by atoms with Crippen molar-refractivity contribution in [2.75, 3.05) is 23.7 Å². The van der Waals surface area contributed by atoms with Crippen molar-refractivity contribution in [2.24, 2.45) is 0 Å². The highest BCUT2D eigenvalue weighted by molar-refractivity contribution is 7.93. The van der Waals surface area contributed by atoms with Crippen molar-refractivity contribution < 1.29 is 8.42 Å². The van der Waals surface area contributed by atoms with Gasteiger partial charge in [-0.2, -0.15) is 0 Å². The third-order valence-corrected chi connectivity index (χ3v) is 4.00. The average molecular weight is 242 g/mol. The van der Waals surface area contributed by atoms with Crippen molar-refractivity contribution in [2.45, 2.75) is 19.1 Å². The van der Waals surface area contributed by atoms with Crippen LogP contribution in [0.15, 0.2) is 24.3 Å². The molecule has 0 aliphatic carbocycles. The molecule has 0 saturated carbocycles. The van der Waals surface area contributed by atoms with Gasteiger partial charge in [-0.3, -0.25) is 4.72 Å². The zero-order chi connectivity index (χ0) is 12.3. The van der Waals surface area contributed by atoms with E-state index in [1.54, 1.807) is 26.0 Å². The quantitative estimate of drug-likeness (QED) is 0.877. The first kappa shape index (κ1) is 12.8. The zero-order valence-electron chi connectivity index (χ0n) is 10.1. The molecular weight excluding hydrogens is 224 g/mol. The molecule has 0 atom stereocenters. The SMILES string of the molecule is CC(C)S(=O)(=O)Nc1cccc(N(C)C)c1. The molecule has 90 valence electrons. The first-order chi connectivity index (χ1) is 7.33. The first-order valence-corrected chi connectivity index (χ1v) is 6.66. The van der Waals surface area contributed by atoms with Crippen molar-refractivity contribution in [1.82, 2.24) is 0 Å². The smallest absolute Gasteiger partial charge is 0.235 e. The summed E-state index contributed by atoms with van der Waals surface area (Å²) in [6, 6.07) is 7.30. The van der Waals surface area contributed by atoms with E-state index < -0.39 is 15.3 Å². The van der Waals surface area contributed by atoms with E-state index in [9.17, 15) is 8.42 Å². The molecular formula is C11H18N2O2S. The molecule has 16 heavy (non-hydrogen) atoms. The molecule has 0 bridgehead atoms. The molecule has 0 unspecified atom stereocenters. The molecule has 1 aromatic rings. The Bertz CT molecular complexity index is 453. The van der Waals surface area contributed by atoms with E-state index >= 15 is 0 Å². The molecule has 0 saturated heterocycles. The van der Waals surface area contributed by atoms with Gasteiger partial charge in [0, 0.05) is 19.8 Å². The third-order valence-electron chi connectivity index (χ3n) is 2.24. The maximum absolute atomic E-state index is 11.7. The number of anilines is 2. The highest BCUT2D eigenvalue weighted by Gasteiger charge is 2.15. The number of rotatable bonds is 4. The van der Waals surface area contributed by atoms with E-state index in [4.69, 9.17) is 0 Å². The summed E-state index contributed by atoms with van der Waals surface area (Å²) >= 11 is 0. The first-order valence-electron chi connectivity index (χ1n) is 5.12. The summed E-state index contributed by atoms with van der Waals surface area (Å²) < 4.78 is 25.9. The standard InChI is InChI=1S/C11H18N2O2S/c1-9(2)16(14,15)12-10-6-5-7-11(8-10)13(3)4/h5-9,12H,1-4H3. The lowest BCUT2D eigenvalue weighted by Gasteiger charge is -2.15. The van der Waals surface area contributed by atoms with Gasteiger partial charge >= 0.3 is 0 Å². The average Bonchev–Trinajstić information content (AvgIpc) is 2.17. The predicted octanol–water partition coefficient (Wildman–Crippen LogP) is 1.90. The van der Waals surface area contributed by atoms with Gasteiger partial charge in [0.15, 0.2) is 0 Å². The van der Waals surface area contributed by atoms with Gasteiger partial charge in [0.05, 0.1) is 10.9 Å². The lowest BCUT2D eigenvalue weighted by Crippen LogP contribution is -2.22. The van der Waals surface area contributed by atoms with Gasteiger partial charge < -0.3 is 4.90 Å². The molecule has 4 nitrogen and oxygen atoms in total. The fraction of sp³-hybridized carbons (Fsp3) is 0.455. The van der Waals surface area contributed by atoms with E-state index in [-0.39, 0.29) is 0 Å². The predicted molar refractivity (Wildman–Crippen MR) is 68.4 cm³/mol. The summed E-state index contributed by atoms with van der Waals surface area (Å²) in [5.41, 5.74) is 1.56. The lowest BCUT2D eigenvalue weighted by atomic mass is 10.3. The summed E-state index contributed by atoms with van der Waals surface area (Å²) in [4.78, 5) is 1.92. The van der Waals surface area contributed by atoms with Gasteiger partial charge in [-0.1, -0.05) is 6.07 Å². The minimum atomic E-state index is -3.26. The zero-order valence-corrected chi connectivity index (χ0v) is 10.9. The largest absolute Gasteiger partial charge is 0.378 e. The number of nitrogens with one attached hydrogen (secondary N) is 1. The van der Waals surface area contributed by atoms with Crippen LogP contribution in [-0.4, -0.2) is 27.8 Å². The van der Waals surface area contributed by atoms with Crippen LogP contribution in [-0.2, 0) is 10.0 Å². The Hall–Kier alpha value is -1.23. The Labute approximate surface area is 97.3 Å². The van der Waals surface area contributed by atoms with E-state index in [1.807, 2.05) is 31.1 Å². The van der Waals surface area contributed by atoms with Gasteiger partial charge in [-0.15, -0.1) is 0 Å². The van der Waals surface area contributed by atoms with E-state index in [2.05, 4.69) is 4.72 Å². The molecule has 0 aliphatic heterocycles. The molecule has 1 aromatic carbocycles. The third kappa shape index (κ3) is 3.13. The maximum atomic E-state index is 11.7. The molecule has 1 rings (SSSR count). The van der Waals surface area contributed by atoms with Gasteiger partial charge in [-0.05, 0) is 32.0 Å². The Balaban J connectivity index is 2.95. The molecule has 5 heteroatoms. The Kier molecular flexibility index (Phi) is 3.80. The summed E-state index contributed by atoms with van der Waals surface area (Å²) in [5.74, 6) is 0. The van der Waals surface area contributed by atoms with Crippen molar-refractivity contribution in [1.29, 1.82) is 0 Å². The number of hydrogen-bond donors (Lipinski definition) is 1. The summed E-state index contributed by atoms with van der Waals surface area (Å²) in [7, 11) is 0.563. The van der Waals surface area contributed by atoms with Crippen LogP contribution in [0.1, 0.15) is 13.8 Å². The Morgan fingerprint density at radius 3 is 2.38 bits per heavy atom. The fourth-order valence-corrected chi connectivity index (χ4v) is 1.82. The van der Waals surface area contributed by atoms with Crippen molar-refractivity contribution in [3.8, 4) is 0 Å². The van der Waals surface area contributed by atoms with Crippen LogP contribution < -0.4 is 9.62 Å². The number of benzene rings is 1. The summed E-state index contributed by atoms with van der Waals surface area (Å²) in [5, 5.41) is -0.435. The van der Waals surface area contributed by atoms with Gasteiger partial charge in [-0.25, -0.2) is 8.42 Å². The second-order valence-corrected chi connectivity index (χ2v) is 6.38. The maximum Gasteiger partial charge on any atom is 0.235 e. The van der Waals surface area contributed by atoms with Crippen LogP contribution >= 0.6 is 0 Å². The molecule has 0 spiro atoms. The minimum Gasteiger partial charge on any atom is -0.378 e. The van der Waals surface area contributed by atoms with Gasteiger partial charge in [0.25, 0.3) is 0 Å². The summed E-state index contributed by atoms with van der Waals surface area (Å²) in [6.07, 6.45) is 0.